The number of morpholine rings is 1. The number of carbonyl (C=O) groups excluding carboxylic acids is 3. The number of rotatable bonds is 4. The maximum Gasteiger partial charge on any atom is 0.279 e. The number of hydrogen-bond donors (Lipinski definition) is 1. The highest BCUT2D eigenvalue weighted by Gasteiger charge is 2.42. The summed E-state index contributed by atoms with van der Waals surface area (Å²) in [6.07, 6.45) is 4.82. The van der Waals surface area contributed by atoms with E-state index in [0.717, 1.165) is 32.1 Å². The van der Waals surface area contributed by atoms with Crippen LogP contribution < -0.4 is 5.32 Å². The van der Waals surface area contributed by atoms with Gasteiger partial charge in [0.15, 0.2) is 0 Å². The zero-order chi connectivity index (χ0) is 20.4. The number of halogens is 1. The van der Waals surface area contributed by atoms with Crippen molar-refractivity contribution in [1.29, 1.82) is 0 Å². The molecule has 7 nitrogen and oxygen atoms in total. The van der Waals surface area contributed by atoms with Crippen molar-refractivity contribution >= 4 is 35.0 Å². The summed E-state index contributed by atoms with van der Waals surface area (Å²) in [4.78, 5) is 41.0. The van der Waals surface area contributed by atoms with Crippen molar-refractivity contribution in [1.82, 2.24) is 9.80 Å². The fraction of sp³-hybridized carbons (Fsp3) is 0.476. The Morgan fingerprint density at radius 3 is 2.31 bits per heavy atom. The van der Waals surface area contributed by atoms with Crippen LogP contribution in [0.1, 0.15) is 42.5 Å². The average molecular weight is 418 g/mol. The second-order valence-electron chi connectivity index (χ2n) is 7.57. The lowest BCUT2D eigenvalue weighted by molar-refractivity contribution is -0.140. The molecule has 1 saturated carbocycles. The van der Waals surface area contributed by atoms with Crippen molar-refractivity contribution in [3.63, 3.8) is 0 Å². The van der Waals surface area contributed by atoms with Gasteiger partial charge in [0.25, 0.3) is 17.7 Å². The van der Waals surface area contributed by atoms with Crippen LogP contribution in [-0.4, -0.2) is 59.9 Å². The van der Waals surface area contributed by atoms with Crippen LogP contribution in [0, 0.1) is 0 Å². The summed E-state index contributed by atoms with van der Waals surface area (Å²) in [5.41, 5.74) is 1.27. The number of hydrogen-bond acceptors (Lipinski definition) is 5. The van der Waals surface area contributed by atoms with E-state index < -0.39 is 5.91 Å². The molecule has 0 aromatic heterocycles. The average Bonchev–Trinajstić information content (AvgIpc) is 2.98. The van der Waals surface area contributed by atoms with E-state index in [9.17, 15) is 14.4 Å². The zero-order valence-corrected chi connectivity index (χ0v) is 16.9. The van der Waals surface area contributed by atoms with E-state index in [-0.39, 0.29) is 28.6 Å². The van der Waals surface area contributed by atoms with Crippen molar-refractivity contribution in [3.05, 3.63) is 40.6 Å². The smallest absolute Gasteiger partial charge is 0.279 e. The molecule has 0 radical (unpaired) electrons. The number of nitrogens with one attached hydrogen (secondary N) is 1. The molecule has 1 aromatic rings. The lowest BCUT2D eigenvalue weighted by atomic mass is 9.94. The highest BCUT2D eigenvalue weighted by atomic mass is 35.5. The van der Waals surface area contributed by atoms with E-state index >= 15 is 0 Å². The Morgan fingerprint density at radius 2 is 1.66 bits per heavy atom. The zero-order valence-electron chi connectivity index (χ0n) is 16.2. The first-order chi connectivity index (χ1) is 14.1. The molecule has 1 saturated heterocycles. The van der Waals surface area contributed by atoms with Crippen LogP contribution in [0.4, 0.5) is 5.69 Å². The molecule has 29 heavy (non-hydrogen) atoms. The Labute approximate surface area is 174 Å². The largest absolute Gasteiger partial charge is 0.378 e. The molecule has 3 aliphatic rings. The van der Waals surface area contributed by atoms with Gasteiger partial charge in [0.1, 0.15) is 10.7 Å². The maximum absolute atomic E-state index is 12.8. The van der Waals surface area contributed by atoms with Gasteiger partial charge in [-0.05, 0) is 37.1 Å². The van der Waals surface area contributed by atoms with Crippen LogP contribution in [0.25, 0.3) is 0 Å². The molecule has 0 spiro atoms. The van der Waals surface area contributed by atoms with Gasteiger partial charge in [0.05, 0.1) is 13.2 Å². The Bertz CT molecular complexity index is 840. The summed E-state index contributed by atoms with van der Waals surface area (Å²) in [5, 5.41) is 2.90. The molecule has 1 aliphatic carbocycles. The Balaban J connectivity index is 1.45. The quantitative estimate of drug-likeness (QED) is 0.762. The fourth-order valence-electron chi connectivity index (χ4n) is 4.09. The first-order valence-corrected chi connectivity index (χ1v) is 10.5. The highest BCUT2D eigenvalue weighted by molar-refractivity contribution is 6.48. The minimum Gasteiger partial charge on any atom is -0.378 e. The molecule has 1 aromatic carbocycles. The van der Waals surface area contributed by atoms with Crippen molar-refractivity contribution in [2.75, 3.05) is 31.6 Å². The summed E-state index contributed by atoms with van der Waals surface area (Å²) in [7, 11) is 0. The number of amides is 3. The molecule has 0 unspecified atom stereocenters. The molecular formula is C21H24ClN3O4. The second kappa shape index (κ2) is 8.55. The van der Waals surface area contributed by atoms with Crippen molar-refractivity contribution in [3.8, 4) is 0 Å². The van der Waals surface area contributed by atoms with Gasteiger partial charge in [-0.25, -0.2) is 0 Å². The van der Waals surface area contributed by atoms with E-state index in [4.69, 9.17) is 16.3 Å². The molecule has 0 atom stereocenters. The molecule has 2 fully saturated rings. The van der Waals surface area contributed by atoms with E-state index in [1.54, 1.807) is 29.2 Å². The van der Waals surface area contributed by atoms with E-state index in [1.165, 1.54) is 4.90 Å². The van der Waals surface area contributed by atoms with Crippen LogP contribution in [-0.2, 0) is 14.3 Å². The molecule has 154 valence electrons. The van der Waals surface area contributed by atoms with Gasteiger partial charge >= 0.3 is 0 Å². The monoisotopic (exact) mass is 417 g/mol. The number of nitrogens with zero attached hydrogens (tertiary/aromatic N) is 2. The molecule has 2 heterocycles. The van der Waals surface area contributed by atoms with Gasteiger partial charge < -0.3 is 15.0 Å². The van der Waals surface area contributed by atoms with E-state index in [2.05, 4.69) is 5.32 Å². The fourth-order valence-corrected chi connectivity index (χ4v) is 4.31. The Kier molecular flexibility index (Phi) is 5.87. The molecule has 4 rings (SSSR count). The first-order valence-electron chi connectivity index (χ1n) is 10.1. The third-order valence-corrected chi connectivity index (χ3v) is 6.05. The summed E-state index contributed by atoms with van der Waals surface area (Å²) >= 11 is 6.20. The molecule has 1 N–H and O–H groups in total. The third-order valence-electron chi connectivity index (χ3n) is 5.70. The second-order valence-corrected chi connectivity index (χ2v) is 7.95. The molecule has 2 aliphatic heterocycles. The molecule has 0 bridgehead atoms. The Hall–Kier alpha value is -2.38. The standard InChI is InChI=1S/C21H24ClN3O4/c22-17-18(21(28)25(20(17)27)16-4-2-1-3-5-16)23-15-8-6-14(7-9-15)19(26)24-10-12-29-13-11-24/h6-9,16,23H,1-5,10-13H2. The van der Waals surface area contributed by atoms with E-state index in [0.29, 0.717) is 37.6 Å². The first kappa shape index (κ1) is 19.9. The van der Waals surface area contributed by atoms with Gasteiger partial charge in [0, 0.05) is 30.4 Å². The number of carbonyl (C=O) groups is 3. The van der Waals surface area contributed by atoms with Gasteiger partial charge in [-0.1, -0.05) is 30.9 Å². The SMILES string of the molecule is O=C(c1ccc(NC2=C(Cl)C(=O)N(C3CCCCC3)C2=O)cc1)N1CCOCC1. The normalized spacial score (nSPS) is 21.1. The predicted octanol–water partition coefficient (Wildman–Crippen LogP) is 2.72. The van der Waals surface area contributed by atoms with Crippen LogP contribution in [0.15, 0.2) is 35.0 Å². The highest BCUT2D eigenvalue weighted by Crippen LogP contribution is 2.32. The van der Waals surface area contributed by atoms with Gasteiger partial charge in [-0.3, -0.25) is 19.3 Å². The molecule has 8 heteroatoms. The lowest BCUT2D eigenvalue weighted by Gasteiger charge is -2.29. The van der Waals surface area contributed by atoms with Crippen LogP contribution >= 0.6 is 11.6 Å². The van der Waals surface area contributed by atoms with Crippen molar-refractivity contribution in [2.24, 2.45) is 0 Å². The maximum atomic E-state index is 12.8. The Morgan fingerprint density at radius 1 is 1.00 bits per heavy atom. The van der Waals surface area contributed by atoms with Crippen molar-refractivity contribution in [2.45, 2.75) is 38.1 Å². The van der Waals surface area contributed by atoms with Crippen LogP contribution in [0.2, 0.25) is 0 Å². The summed E-state index contributed by atoms with van der Waals surface area (Å²) < 4.78 is 5.28. The lowest BCUT2D eigenvalue weighted by Crippen LogP contribution is -2.42. The summed E-state index contributed by atoms with van der Waals surface area (Å²) in [5.74, 6) is -0.849. The number of ether oxygens (including phenoxy) is 1. The molecule has 3 amide bonds. The summed E-state index contributed by atoms with van der Waals surface area (Å²) in [6, 6.07) is 6.76. The van der Waals surface area contributed by atoms with Gasteiger partial charge in [-0.15, -0.1) is 0 Å². The third kappa shape index (κ3) is 4.02. The number of anilines is 1. The predicted molar refractivity (Wildman–Crippen MR) is 108 cm³/mol. The summed E-state index contributed by atoms with van der Waals surface area (Å²) in [6.45, 7) is 2.25. The van der Waals surface area contributed by atoms with Crippen LogP contribution in [0.3, 0.4) is 0 Å². The molecular weight excluding hydrogens is 394 g/mol. The minimum atomic E-state index is -0.426. The van der Waals surface area contributed by atoms with Gasteiger partial charge in [-0.2, -0.15) is 0 Å². The van der Waals surface area contributed by atoms with Crippen molar-refractivity contribution < 1.29 is 19.1 Å². The van der Waals surface area contributed by atoms with Gasteiger partial charge in [0.2, 0.25) is 0 Å². The topological polar surface area (TPSA) is 79.0 Å². The minimum absolute atomic E-state index is 0.0484. The number of benzene rings is 1. The van der Waals surface area contributed by atoms with Crippen LogP contribution in [0.5, 0.6) is 0 Å². The number of imide groups is 1. The van der Waals surface area contributed by atoms with E-state index in [1.807, 2.05) is 0 Å².